The number of benzene rings is 2. The summed E-state index contributed by atoms with van der Waals surface area (Å²) in [6, 6.07) is 17.4. The van der Waals surface area contributed by atoms with Crippen LogP contribution in [0.4, 0.5) is 5.69 Å². The van der Waals surface area contributed by atoms with E-state index in [-0.39, 0.29) is 0 Å². The number of aryl methyl sites for hydroxylation is 1. The fraction of sp³-hybridized carbons (Fsp3) is 0.0588. The zero-order valence-electron chi connectivity index (χ0n) is 11.9. The van der Waals surface area contributed by atoms with E-state index in [4.69, 9.17) is 11.6 Å². The Morgan fingerprint density at radius 1 is 1.09 bits per heavy atom. The topological polar surface area (TPSA) is 30.2 Å². The average Bonchev–Trinajstić information content (AvgIpc) is 2.82. The van der Waals surface area contributed by atoms with Crippen LogP contribution in [0.1, 0.15) is 11.3 Å². The number of aliphatic imine (C=N–C) groups is 1. The van der Waals surface area contributed by atoms with Crippen molar-refractivity contribution in [2.75, 3.05) is 0 Å². The lowest BCUT2D eigenvalue weighted by molar-refractivity contribution is 0.863. The van der Waals surface area contributed by atoms with Crippen LogP contribution in [-0.4, -0.2) is 16.0 Å². The van der Waals surface area contributed by atoms with Crippen LogP contribution in [0.15, 0.2) is 64.5 Å². The first-order chi connectivity index (χ1) is 10.7. The van der Waals surface area contributed by atoms with Crippen molar-refractivity contribution in [3.8, 4) is 5.69 Å². The first-order valence-corrected chi connectivity index (χ1v) is 7.62. The highest BCUT2D eigenvalue weighted by molar-refractivity contribution is 7.80. The molecule has 0 aliphatic carbocycles. The smallest absolute Gasteiger partial charge is 0.141 e. The van der Waals surface area contributed by atoms with Crippen molar-refractivity contribution in [1.82, 2.24) is 9.78 Å². The molecule has 0 N–H and O–H groups in total. The Morgan fingerprint density at radius 3 is 2.50 bits per heavy atom. The van der Waals surface area contributed by atoms with Crippen molar-refractivity contribution in [2.24, 2.45) is 4.99 Å². The molecule has 3 nitrogen and oxygen atoms in total. The van der Waals surface area contributed by atoms with E-state index in [1.54, 1.807) is 10.9 Å². The number of nitrogens with zero attached hydrogens (tertiary/aromatic N) is 3. The third kappa shape index (κ3) is 2.93. The Bertz CT molecular complexity index is 825. The molecule has 3 rings (SSSR count). The first kappa shape index (κ1) is 14.9. The summed E-state index contributed by atoms with van der Waals surface area (Å²) in [5.74, 6) is 0. The van der Waals surface area contributed by atoms with Crippen LogP contribution in [0.25, 0.3) is 5.69 Å². The molecule has 0 spiro atoms. The second kappa shape index (κ2) is 6.38. The molecule has 0 unspecified atom stereocenters. The van der Waals surface area contributed by atoms with Gasteiger partial charge < -0.3 is 0 Å². The van der Waals surface area contributed by atoms with Crippen molar-refractivity contribution in [2.45, 2.75) is 11.8 Å². The largest absolute Gasteiger partial charge is 0.255 e. The molecule has 0 aliphatic heterocycles. The minimum Gasteiger partial charge on any atom is -0.255 e. The number of para-hydroxylation sites is 2. The predicted octanol–water partition coefficient (Wildman–Crippen LogP) is 4.87. The van der Waals surface area contributed by atoms with Gasteiger partial charge in [-0.3, -0.25) is 4.99 Å². The van der Waals surface area contributed by atoms with Gasteiger partial charge in [0, 0.05) is 11.1 Å². The average molecular weight is 328 g/mol. The second-order valence-electron chi connectivity index (χ2n) is 4.78. The quantitative estimate of drug-likeness (QED) is 0.539. The summed E-state index contributed by atoms with van der Waals surface area (Å²) >= 11 is 10.9. The van der Waals surface area contributed by atoms with Gasteiger partial charge in [0.25, 0.3) is 0 Å². The van der Waals surface area contributed by atoms with Crippen LogP contribution in [0, 0.1) is 6.92 Å². The van der Waals surface area contributed by atoms with E-state index in [1.165, 1.54) is 0 Å². The van der Waals surface area contributed by atoms with Gasteiger partial charge >= 0.3 is 0 Å². The number of thiol groups is 1. The Hall–Kier alpha value is -2.04. The van der Waals surface area contributed by atoms with Crippen LogP contribution in [0.5, 0.6) is 0 Å². The van der Waals surface area contributed by atoms with Gasteiger partial charge in [-0.2, -0.15) is 5.10 Å². The highest BCUT2D eigenvalue weighted by Gasteiger charge is 2.12. The van der Waals surface area contributed by atoms with E-state index in [1.807, 2.05) is 61.5 Å². The minimum absolute atomic E-state index is 0.545. The molecule has 0 amide bonds. The number of aromatic nitrogens is 2. The van der Waals surface area contributed by atoms with E-state index in [0.29, 0.717) is 5.15 Å². The molecule has 5 heteroatoms. The molecule has 1 heterocycles. The zero-order valence-corrected chi connectivity index (χ0v) is 13.6. The van der Waals surface area contributed by atoms with Crippen molar-refractivity contribution < 1.29 is 0 Å². The van der Waals surface area contributed by atoms with Gasteiger partial charge in [0.2, 0.25) is 0 Å². The Morgan fingerprint density at radius 2 is 1.77 bits per heavy atom. The van der Waals surface area contributed by atoms with E-state index >= 15 is 0 Å². The Kier molecular flexibility index (Phi) is 4.32. The third-order valence-electron chi connectivity index (χ3n) is 3.26. The molecule has 0 radical (unpaired) electrons. The van der Waals surface area contributed by atoms with Crippen molar-refractivity contribution >= 4 is 36.1 Å². The number of hydrogen-bond donors (Lipinski definition) is 1. The summed E-state index contributed by atoms with van der Waals surface area (Å²) in [6.07, 6.45) is 1.74. The summed E-state index contributed by atoms with van der Waals surface area (Å²) in [6.45, 7) is 1.92. The van der Waals surface area contributed by atoms with Crippen LogP contribution in [-0.2, 0) is 0 Å². The molecule has 22 heavy (non-hydrogen) atoms. The molecule has 0 bridgehead atoms. The van der Waals surface area contributed by atoms with E-state index in [2.05, 4.69) is 22.7 Å². The lowest BCUT2D eigenvalue weighted by Gasteiger charge is -2.02. The fourth-order valence-electron chi connectivity index (χ4n) is 2.11. The number of hydrogen-bond acceptors (Lipinski definition) is 3. The third-order valence-corrected chi connectivity index (χ3v) is 4.01. The Balaban J connectivity index is 1.99. The lowest BCUT2D eigenvalue weighted by Crippen LogP contribution is -1.96. The molecule has 0 saturated heterocycles. The molecule has 0 saturated carbocycles. The molecular formula is C17H14ClN3S. The molecule has 3 aromatic rings. The zero-order chi connectivity index (χ0) is 15.5. The highest BCUT2D eigenvalue weighted by atomic mass is 35.5. The van der Waals surface area contributed by atoms with Crippen molar-refractivity contribution in [1.29, 1.82) is 0 Å². The van der Waals surface area contributed by atoms with Gasteiger partial charge in [-0.1, -0.05) is 41.9 Å². The predicted molar refractivity (Wildman–Crippen MR) is 94.3 cm³/mol. The van der Waals surface area contributed by atoms with Crippen molar-refractivity contribution in [3.05, 3.63) is 71.0 Å². The maximum atomic E-state index is 6.46. The molecular weight excluding hydrogens is 314 g/mol. The molecule has 0 aliphatic rings. The summed E-state index contributed by atoms with van der Waals surface area (Å²) in [7, 11) is 0. The SMILES string of the molecule is Cc1nn(-c2ccccc2)c(Cl)c1C=Nc1ccccc1S. The van der Waals surface area contributed by atoms with Gasteiger partial charge in [-0.05, 0) is 31.2 Å². The fourth-order valence-corrected chi connectivity index (χ4v) is 2.64. The second-order valence-corrected chi connectivity index (χ2v) is 5.62. The van der Waals surface area contributed by atoms with Crippen LogP contribution in [0.3, 0.4) is 0 Å². The van der Waals surface area contributed by atoms with Crippen LogP contribution < -0.4 is 0 Å². The standard InChI is InChI=1S/C17H14ClN3S/c1-12-14(11-19-15-9-5-6-10-16(15)22)17(18)21(20-12)13-7-3-2-4-8-13/h2-11,22H,1H3. The normalized spacial score (nSPS) is 11.2. The first-order valence-electron chi connectivity index (χ1n) is 6.79. The summed E-state index contributed by atoms with van der Waals surface area (Å²) < 4.78 is 1.71. The molecule has 0 fully saturated rings. The molecule has 110 valence electrons. The number of halogens is 1. The van der Waals surface area contributed by atoms with Gasteiger partial charge in [0.15, 0.2) is 0 Å². The maximum Gasteiger partial charge on any atom is 0.141 e. The van der Waals surface area contributed by atoms with Gasteiger partial charge in [-0.25, -0.2) is 4.68 Å². The lowest BCUT2D eigenvalue weighted by atomic mass is 10.3. The van der Waals surface area contributed by atoms with Crippen LogP contribution >= 0.6 is 24.2 Å². The van der Waals surface area contributed by atoms with E-state index < -0.39 is 0 Å². The summed E-state index contributed by atoms with van der Waals surface area (Å²) in [5, 5.41) is 5.03. The minimum atomic E-state index is 0.545. The Labute approximate surface area is 139 Å². The maximum absolute atomic E-state index is 6.46. The van der Waals surface area contributed by atoms with E-state index in [9.17, 15) is 0 Å². The summed E-state index contributed by atoms with van der Waals surface area (Å²) in [4.78, 5) is 5.29. The molecule has 2 aromatic carbocycles. The summed E-state index contributed by atoms with van der Waals surface area (Å²) in [5.41, 5.74) is 3.36. The van der Waals surface area contributed by atoms with Crippen molar-refractivity contribution in [3.63, 3.8) is 0 Å². The molecule has 1 aromatic heterocycles. The van der Waals surface area contributed by atoms with Gasteiger partial charge in [0.1, 0.15) is 5.15 Å². The number of rotatable bonds is 3. The van der Waals surface area contributed by atoms with Crippen LogP contribution in [0.2, 0.25) is 5.15 Å². The van der Waals surface area contributed by atoms with Gasteiger partial charge in [0.05, 0.1) is 22.6 Å². The highest BCUT2D eigenvalue weighted by Crippen LogP contribution is 2.25. The monoisotopic (exact) mass is 327 g/mol. The molecule has 0 atom stereocenters. The van der Waals surface area contributed by atoms with E-state index in [0.717, 1.165) is 27.5 Å². The van der Waals surface area contributed by atoms with Gasteiger partial charge in [-0.15, -0.1) is 12.6 Å².